The summed E-state index contributed by atoms with van der Waals surface area (Å²) in [6, 6.07) is 0. The number of piperidine rings is 1. The van der Waals surface area contributed by atoms with Gasteiger partial charge in [0.15, 0.2) is 0 Å². The van der Waals surface area contributed by atoms with Gasteiger partial charge in [-0.05, 0) is 18.9 Å². The molecule has 2 unspecified atom stereocenters. The maximum atomic E-state index is 11.6. The molecule has 6 nitrogen and oxygen atoms in total. The number of nitrogens with two attached hydrogens (primary N) is 1. The second kappa shape index (κ2) is 5.60. The summed E-state index contributed by atoms with van der Waals surface area (Å²) in [5.74, 6) is 0.101. The van der Waals surface area contributed by atoms with Gasteiger partial charge in [-0.2, -0.15) is 0 Å². The molecule has 0 aromatic heterocycles. The summed E-state index contributed by atoms with van der Waals surface area (Å²) in [4.78, 5) is 11.6. The standard InChI is InChI=1S/C9H19N3O3S/c1-7-4-8(6-11-5-7)9(13)12-2-3-16(10,14)15/h7-8,11H,2-6H2,1H3,(H,12,13)(H2,10,14,15). The molecular weight excluding hydrogens is 230 g/mol. The van der Waals surface area contributed by atoms with Crippen LogP contribution in [0.15, 0.2) is 0 Å². The highest BCUT2D eigenvalue weighted by molar-refractivity contribution is 7.89. The number of rotatable bonds is 4. The van der Waals surface area contributed by atoms with E-state index in [0.717, 1.165) is 13.0 Å². The first-order valence-corrected chi connectivity index (χ1v) is 7.09. The third kappa shape index (κ3) is 4.91. The number of primary sulfonamides is 1. The first-order chi connectivity index (χ1) is 7.38. The van der Waals surface area contributed by atoms with Crippen molar-refractivity contribution in [2.24, 2.45) is 17.0 Å². The minimum Gasteiger partial charge on any atom is -0.355 e. The fraction of sp³-hybridized carbons (Fsp3) is 0.889. The van der Waals surface area contributed by atoms with Crippen molar-refractivity contribution in [1.82, 2.24) is 10.6 Å². The second-order valence-electron chi connectivity index (χ2n) is 4.35. The number of amides is 1. The fourth-order valence-electron chi connectivity index (χ4n) is 1.82. The third-order valence-corrected chi connectivity index (χ3v) is 3.40. The minimum absolute atomic E-state index is 0.0655. The SMILES string of the molecule is CC1CNCC(C(=O)NCCS(N)(=O)=O)C1. The highest BCUT2D eigenvalue weighted by atomic mass is 32.2. The van der Waals surface area contributed by atoms with Crippen LogP contribution in [-0.4, -0.2) is 39.7 Å². The highest BCUT2D eigenvalue weighted by Gasteiger charge is 2.24. The zero-order valence-electron chi connectivity index (χ0n) is 9.40. The number of carbonyl (C=O) groups is 1. The van der Waals surface area contributed by atoms with Crippen LogP contribution in [0.2, 0.25) is 0 Å². The van der Waals surface area contributed by atoms with Gasteiger partial charge < -0.3 is 10.6 Å². The maximum Gasteiger partial charge on any atom is 0.224 e. The van der Waals surface area contributed by atoms with Gasteiger partial charge in [-0.3, -0.25) is 4.79 Å². The zero-order valence-corrected chi connectivity index (χ0v) is 10.2. The Kier molecular flexibility index (Phi) is 4.69. The Bertz CT molecular complexity index is 342. The Balaban J connectivity index is 2.29. The van der Waals surface area contributed by atoms with E-state index in [0.29, 0.717) is 12.5 Å². The molecule has 0 aromatic rings. The predicted octanol–water partition coefficient (Wildman–Crippen LogP) is -1.36. The van der Waals surface area contributed by atoms with Crippen molar-refractivity contribution >= 4 is 15.9 Å². The van der Waals surface area contributed by atoms with Crippen LogP contribution in [0.5, 0.6) is 0 Å². The molecule has 2 atom stereocenters. The van der Waals surface area contributed by atoms with Gasteiger partial charge >= 0.3 is 0 Å². The normalized spacial score (nSPS) is 26.4. The topological polar surface area (TPSA) is 101 Å². The molecule has 0 saturated carbocycles. The summed E-state index contributed by atoms with van der Waals surface area (Å²) < 4.78 is 21.3. The van der Waals surface area contributed by atoms with Crippen LogP contribution in [0.1, 0.15) is 13.3 Å². The summed E-state index contributed by atoms with van der Waals surface area (Å²) in [6.07, 6.45) is 0.841. The number of hydrogen-bond acceptors (Lipinski definition) is 4. The predicted molar refractivity (Wildman–Crippen MR) is 61.1 cm³/mol. The molecule has 0 spiro atoms. The van der Waals surface area contributed by atoms with Gasteiger partial charge in [0, 0.05) is 13.1 Å². The van der Waals surface area contributed by atoms with E-state index < -0.39 is 10.0 Å². The van der Waals surface area contributed by atoms with Crippen molar-refractivity contribution in [1.29, 1.82) is 0 Å². The van der Waals surface area contributed by atoms with E-state index in [-0.39, 0.29) is 24.1 Å². The van der Waals surface area contributed by atoms with Crippen molar-refractivity contribution < 1.29 is 13.2 Å². The van der Waals surface area contributed by atoms with Crippen LogP contribution in [0.25, 0.3) is 0 Å². The lowest BCUT2D eigenvalue weighted by atomic mass is 9.91. The number of nitrogens with one attached hydrogen (secondary N) is 2. The first kappa shape index (κ1) is 13.4. The van der Waals surface area contributed by atoms with Gasteiger partial charge in [-0.15, -0.1) is 0 Å². The van der Waals surface area contributed by atoms with E-state index in [2.05, 4.69) is 17.6 Å². The fourth-order valence-corrected chi connectivity index (χ4v) is 2.20. The molecule has 7 heteroatoms. The van der Waals surface area contributed by atoms with Crippen molar-refractivity contribution in [2.45, 2.75) is 13.3 Å². The average molecular weight is 249 g/mol. The Labute approximate surface area is 96.0 Å². The van der Waals surface area contributed by atoms with Gasteiger partial charge in [-0.25, -0.2) is 13.6 Å². The van der Waals surface area contributed by atoms with Crippen LogP contribution in [0.4, 0.5) is 0 Å². The monoisotopic (exact) mass is 249 g/mol. The van der Waals surface area contributed by atoms with Crippen molar-refractivity contribution in [3.8, 4) is 0 Å². The maximum absolute atomic E-state index is 11.6. The summed E-state index contributed by atoms with van der Waals surface area (Å²) in [7, 11) is -3.49. The molecule has 94 valence electrons. The second-order valence-corrected chi connectivity index (χ2v) is 6.09. The molecule has 4 N–H and O–H groups in total. The Morgan fingerprint density at radius 2 is 2.19 bits per heavy atom. The summed E-state index contributed by atoms with van der Waals surface area (Å²) in [5.41, 5.74) is 0. The lowest BCUT2D eigenvalue weighted by Crippen LogP contribution is -2.44. The van der Waals surface area contributed by atoms with E-state index in [4.69, 9.17) is 5.14 Å². The van der Waals surface area contributed by atoms with Gasteiger partial charge in [0.2, 0.25) is 15.9 Å². The van der Waals surface area contributed by atoms with Gasteiger partial charge in [0.05, 0.1) is 11.7 Å². The van der Waals surface area contributed by atoms with Crippen LogP contribution >= 0.6 is 0 Å². The Morgan fingerprint density at radius 1 is 1.50 bits per heavy atom. The number of sulfonamides is 1. The largest absolute Gasteiger partial charge is 0.355 e. The van der Waals surface area contributed by atoms with Crippen molar-refractivity contribution in [3.63, 3.8) is 0 Å². The summed E-state index contributed by atoms with van der Waals surface area (Å²) >= 11 is 0. The van der Waals surface area contributed by atoms with Crippen LogP contribution in [0.3, 0.4) is 0 Å². The first-order valence-electron chi connectivity index (χ1n) is 5.37. The number of carbonyl (C=O) groups excluding carboxylic acids is 1. The molecule has 1 aliphatic heterocycles. The smallest absolute Gasteiger partial charge is 0.224 e. The molecule has 1 aliphatic rings. The summed E-state index contributed by atoms with van der Waals surface area (Å²) in [6.45, 7) is 3.76. The molecule has 0 radical (unpaired) electrons. The summed E-state index contributed by atoms with van der Waals surface area (Å²) in [5, 5.41) is 10.6. The molecular formula is C9H19N3O3S. The van der Waals surface area contributed by atoms with E-state index in [1.165, 1.54) is 0 Å². The quantitative estimate of drug-likeness (QED) is 0.572. The molecule has 1 rings (SSSR count). The lowest BCUT2D eigenvalue weighted by Gasteiger charge is -2.26. The minimum atomic E-state index is -3.49. The number of hydrogen-bond donors (Lipinski definition) is 3. The lowest BCUT2D eigenvalue weighted by molar-refractivity contribution is -0.125. The van der Waals surface area contributed by atoms with Crippen LogP contribution in [0, 0.1) is 11.8 Å². The molecule has 0 aromatic carbocycles. The van der Waals surface area contributed by atoms with Crippen LogP contribution < -0.4 is 15.8 Å². The Hall–Kier alpha value is -0.660. The molecule has 16 heavy (non-hydrogen) atoms. The van der Waals surface area contributed by atoms with Gasteiger partial charge in [0.25, 0.3) is 0 Å². The van der Waals surface area contributed by atoms with E-state index >= 15 is 0 Å². The third-order valence-electron chi connectivity index (χ3n) is 2.63. The van der Waals surface area contributed by atoms with Gasteiger partial charge in [0.1, 0.15) is 0 Å². The molecule has 1 saturated heterocycles. The Morgan fingerprint density at radius 3 is 2.75 bits per heavy atom. The van der Waals surface area contributed by atoms with E-state index in [9.17, 15) is 13.2 Å². The molecule has 1 amide bonds. The molecule has 0 aliphatic carbocycles. The van der Waals surface area contributed by atoms with E-state index in [1.54, 1.807) is 0 Å². The van der Waals surface area contributed by atoms with Gasteiger partial charge in [-0.1, -0.05) is 6.92 Å². The zero-order chi connectivity index (χ0) is 12.2. The van der Waals surface area contributed by atoms with Crippen molar-refractivity contribution in [2.75, 3.05) is 25.4 Å². The average Bonchev–Trinajstić information content (AvgIpc) is 2.15. The van der Waals surface area contributed by atoms with Crippen LogP contribution in [-0.2, 0) is 14.8 Å². The molecule has 1 fully saturated rings. The molecule has 0 bridgehead atoms. The molecule has 1 heterocycles. The van der Waals surface area contributed by atoms with Crippen molar-refractivity contribution in [3.05, 3.63) is 0 Å². The van der Waals surface area contributed by atoms with E-state index in [1.807, 2.05) is 0 Å². The highest BCUT2D eigenvalue weighted by Crippen LogP contribution is 2.15.